The van der Waals surface area contributed by atoms with Crippen LogP contribution in [-0.2, 0) is 13.1 Å². The van der Waals surface area contributed by atoms with Gasteiger partial charge in [0.1, 0.15) is 0 Å². The molecule has 166 valence electrons. The van der Waals surface area contributed by atoms with Gasteiger partial charge in [0, 0.05) is 44.3 Å². The smallest absolute Gasteiger partial charge is 0.251 e. The molecule has 1 aliphatic rings. The Bertz CT molecular complexity index is 867. The maximum absolute atomic E-state index is 11.9. The van der Waals surface area contributed by atoms with Crippen LogP contribution in [0.5, 0.6) is 0 Å². The van der Waals surface area contributed by atoms with Crippen LogP contribution in [0, 0.1) is 0 Å². The molecule has 0 aliphatic carbocycles. The third-order valence-corrected chi connectivity index (χ3v) is 5.76. The molecule has 1 saturated heterocycles. The van der Waals surface area contributed by atoms with Crippen molar-refractivity contribution in [3.05, 3.63) is 71.3 Å². The third-order valence-electron chi connectivity index (χ3n) is 5.76. The first-order valence-corrected chi connectivity index (χ1v) is 11.2. The van der Waals surface area contributed by atoms with Crippen molar-refractivity contribution in [1.29, 1.82) is 0 Å². The van der Waals surface area contributed by atoms with Gasteiger partial charge in [-0.25, -0.2) is 4.99 Å². The number of rotatable bonds is 7. The fourth-order valence-electron chi connectivity index (χ4n) is 4.04. The van der Waals surface area contributed by atoms with Crippen LogP contribution in [0.4, 0.5) is 0 Å². The van der Waals surface area contributed by atoms with Crippen molar-refractivity contribution in [3.8, 4) is 0 Å². The summed E-state index contributed by atoms with van der Waals surface area (Å²) in [5.74, 6) is 0.758. The second-order valence-electron chi connectivity index (χ2n) is 8.15. The fraction of sp³-hybridized carbons (Fsp3) is 0.440. The molecule has 0 radical (unpaired) electrons. The van der Waals surface area contributed by atoms with Gasteiger partial charge in [-0.15, -0.1) is 0 Å². The molecule has 1 heterocycles. The van der Waals surface area contributed by atoms with Gasteiger partial charge in [0.25, 0.3) is 5.91 Å². The van der Waals surface area contributed by atoms with Crippen LogP contribution < -0.4 is 16.0 Å². The molecule has 2 unspecified atom stereocenters. The summed E-state index contributed by atoms with van der Waals surface area (Å²) in [6.45, 7) is 7.81. The van der Waals surface area contributed by atoms with E-state index in [1.165, 1.54) is 5.56 Å². The van der Waals surface area contributed by atoms with Crippen molar-refractivity contribution in [1.82, 2.24) is 20.9 Å². The van der Waals surface area contributed by atoms with Gasteiger partial charge in [0.05, 0.1) is 6.54 Å². The molecule has 3 rings (SSSR count). The van der Waals surface area contributed by atoms with Crippen molar-refractivity contribution in [2.24, 2.45) is 4.99 Å². The van der Waals surface area contributed by atoms with E-state index in [4.69, 9.17) is 4.99 Å². The summed E-state index contributed by atoms with van der Waals surface area (Å²) in [6.07, 6.45) is 2.18. The molecule has 1 amide bonds. The predicted molar refractivity (Wildman–Crippen MR) is 127 cm³/mol. The fourth-order valence-corrected chi connectivity index (χ4v) is 4.04. The summed E-state index contributed by atoms with van der Waals surface area (Å²) in [5, 5.41) is 9.65. The monoisotopic (exact) mass is 421 g/mol. The minimum Gasteiger partial charge on any atom is -0.357 e. The van der Waals surface area contributed by atoms with Crippen LogP contribution in [0.3, 0.4) is 0 Å². The molecule has 0 aromatic heterocycles. The maximum Gasteiger partial charge on any atom is 0.251 e. The standard InChI is InChI=1S/C25H35N5O/c1-4-27-25(28-17-21-11-8-12-22(16-21)24(31)26-3)29-23-13-14-30(19(2)15-23)18-20-9-6-5-7-10-20/h5-12,16,19,23H,4,13-15,17-18H2,1-3H3,(H,26,31)(H2,27,28,29). The molecular formula is C25H35N5O. The molecule has 0 bridgehead atoms. The van der Waals surface area contributed by atoms with Gasteiger partial charge < -0.3 is 16.0 Å². The highest BCUT2D eigenvalue weighted by molar-refractivity contribution is 5.94. The Morgan fingerprint density at radius 2 is 1.90 bits per heavy atom. The number of amides is 1. The van der Waals surface area contributed by atoms with E-state index in [1.807, 2.05) is 24.3 Å². The second kappa shape index (κ2) is 11.5. The lowest BCUT2D eigenvalue weighted by molar-refractivity contribution is 0.0963. The van der Waals surface area contributed by atoms with Gasteiger partial charge in [-0.05, 0) is 49.9 Å². The summed E-state index contributed by atoms with van der Waals surface area (Å²) in [5.41, 5.74) is 3.05. The molecule has 3 N–H and O–H groups in total. The SMILES string of the molecule is CCNC(=NCc1cccc(C(=O)NC)c1)NC1CCN(Cc2ccccc2)C(C)C1. The van der Waals surface area contributed by atoms with Crippen molar-refractivity contribution in [2.75, 3.05) is 20.1 Å². The Morgan fingerprint density at radius 1 is 1.13 bits per heavy atom. The molecule has 1 aliphatic heterocycles. The molecule has 2 aromatic rings. The predicted octanol–water partition coefficient (Wildman–Crippen LogP) is 3.15. The van der Waals surface area contributed by atoms with E-state index < -0.39 is 0 Å². The first-order valence-electron chi connectivity index (χ1n) is 11.2. The van der Waals surface area contributed by atoms with Crippen LogP contribution >= 0.6 is 0 Å². The van der Waals surface area contributed by atoms with E-state index in [1.54, 1.807) is 7.05 Å². The summed E-state index contributed by atoms with van der Waals surface area (Å²) in [7, 11) is 1.65. The highest BCUT2D eigenvalue weighted by atomic mass is 16.1. The number of hydrogen-bond donors (Lipinski definition) is 3. The topological polar surface area (TPSA) is 68.8 Å². The number of piperidine rings is 1. The summed E-state index contributed by atoms with van der Waals surface area (Å²) >= 11 is 0. The average molecular weight is 422 g/mol. The second-order valence-corrected chi connectivity index (χ2v) is 8.15. The Balaban J connectivity index is 1.57. The largest absolute Gasteiger partial charge is 0.357 e. The van der Waals surface area contributed by atoms with E-state index >= 15 is 0 Å². The van der Waals surface area contributed by atoms with Gasteiger partial charge in [0.2, 0.25) is 0 Å². The minimum absolute atomic E-state index is 0.0767. The van der Waals surface area contributed by atoms with Gasteiger partial charge >= 0.3 is 0 Å². The number of guanidine groups is 1. The Morgan fingerprint density at radius 3 is 2.61 bits per heavy atom. The van der Waals surface area contributed by atoms with E-state index in [9.17, 15) is 4.79 Å². The zero-order valence-corrected chi connectivity index (χ0v) is 18.9. The van der Waals surface area contributed by atoms with E-state index in [0.717, 1.165) is 44.0 Å². The van der Waals surface area contributed by atoms with Crippen molar-refractivity contribution >= 4 is 11.9 Å². The number of carbonyl (C=O) groups excluding carboxylic acids is 1. The zero-order valence-electron chi connectivity index (χ0n) is 18.9. The van der Waals surface area contributed by atoms with Crippen LogP contribution in [0.15, 0.2) is 59.6 Å². The molecule has 1 fully saturated rings. The van der Waals surface area contributed by atoms with Crippen LogP contribution in [-0.4, -0.2) is 49.0 Å². The Hall–Kier alpha value is -2.86. The molecular weight excluding hydrogens is 386 g/mol. The lowest BCUT2D eigenvalue weighted by atomic mass is 9.97. The number of aliphatic imine (C=N–C) groups is 1. The number of benzene rings is 2. The number of nitrogens with one attached hydrogen (secondary N) is 3. The van der Waals surface area contributed by atoms with E-state index in [0.29, 0.717) is 24.2 Å². The number of carbonyl (C=O) groups is 1. The van der Waals surface area contributed by atoms with Gasteiger partial charge in [0.15, 0.2) is 5.96 Å². The molecule has 6 heteroatoms. The lowest BCUT2D eigenvalue weighted by Crippen LogP contribution is -2.51. The van der Waals surface area contributed by atoms with Crippen molar-refractivity contribution in [2.45, 2.75) is 51.9 Å². The number of hydrogen-bond acceptors (Lipinski definition) is 3. The quantitative estimate of drug-likeness (QED) is 0.475. The summed E-state index contributed by atoms with van der Waals surface area (Å²) in [6, 6.07) is 19.2. The molecule has 0 spiro atoms. The van der Waals surface area contributed by atoms with Crippen molar-refractivity contribution < 1.29 is 4.79 Å². The van der Waals surface area contributed by atoms with E-state index in [-0.39, 0.29) is 5.91 Å². The first kappa shape index (κ1) is 22.8. The van der Waals surface area contributed by atoms with Gasteiger partial charge in [-0.1, -0.05) is 42.5 Å². The first-order chi connectivity index (χ1) is 15.1. The highest BCUT2D eigenvalue weighted by Crippen LogP contribution is 2.20. The summed E-state index contributed by atoms with van der Waals surface area (Å²) in [4.78, 5) is 19.2. The molecule has 2 atom stereocenters. The third kappa shape index (κ3) is 6.82. The van der Waals surface area contributed by atoms with Gasteiger partial charge in [-0.2, -0.15) is 0 Å². The number of nitrogens with zero attached hydrogens (tertiary/aromatic N) is 2. The minimum atomic E-state index is -0.0767. The molecule has 0 saturated carbocycles. The van der Waals surface area contributed by atoms with Crippen LogP contribution in [0.1, 0.15) is 48.2 Å². The Kier molecular flexibility index (Phi) is 8.47. The zero-order chi connectivity index (χ0) is 22.1. The van der Waals surface area contributed by atoms with E-state index in [2.05, 4.69) is 65.0 Å². The summed E-state index contributed by atoms with van der Waals surface area (Å²) < 4.78 is 0. The Labute approximate surface area is 186 Å². The van der Waals surface area contributed by atoms with Crippen LogP contribution in [0.2, 0.25) is 0 Å². The maximum atomic E-state index is 11.9. The molecule has 2 aromatic carbocycles. The van der Waals surface area contributed by atoms with Crippen molar-refractivity contribution in [3.63, 3.8) is 0 Å². The molecule has 6 nitrogen and oxygen atoms in total. The highest BCUT2D eigenvalue weighted by Gasteiger charge is 2.25. The molecule has 31 heavy (non-hydrogen) atoms. The average Bonchev–Trinajstić information content (AvgIpc) is 2.80. The van der Waals surface area contributed by atoms with Crippen LogP contribution in [0.25, 0.3) is 0 Å². The lowest BCUT2D eigenvalue weighted by Gasteiger charge is -2.38. The number of likely N-dealkylation sites (tertiary alicyclic amines) is 1. The van der Waals surface area contributed by atoms with Gasteiger partial charge in [-0.3, -0.25) is 9.69 Å². The normalized spacial score (nSPS) is 19.6.